The van der Waals surface area contributed by atoms with Gasteiger partial charge in [-0.05, 0) is 57.4 Å². The van der Waals surface area contributed by atoms with E-state index in [1.165, 1.54) is 4.68 Å². The molecule has 0 bridgehead atoms. The van der Waals surface area contributed by atoms with Gasteiger partial charge in [0.15, 0.2) is 11.5 Å². The quantitative estimate of drug-likeness (QED) is 0.335. The number of fused-ring (bicyclic) bond motifs is 3. The van der Waals surface area contributed by atoms with Gasteiger partial charge in [-0.2, -0.15) is 5.10 Å². The fraction of sp³-hybridized carbons (Fsp3) is 0.370. The van der Waals surface area contributed by atoms with Crippen molar-refractivity contribution >= 4 is 37.4 Å². The molecule has 4 aromatic rings. The van der Waals surface area contributed by atoms with E-state index in [2.05, 4.69) is 10.4 Å². The van der Waals surface area contributed by atoms with E-state index in [9.17, 15) is 9.59 Å². The molecule has 0 aliphatic heterocycles. The number of carbonyl (C=O) groups excluding carboxylic acids is 1. The van der Waals surface area contributed by atoms with Crippen molar-refractivity contribution in [2.45, 2.75) is 46.6 Å². The summed E-state index contributed by atoms with van der Waals surface area (Å²) in [7, 11) is 0. The van der Waals surface area contributed by atoms with Crippen LogP contribution in [-0.4, -0.2) is 35.4 Å². The van der Waals surface area contributed by atoms with Crippen molar-refractivity contribution in [1.82, 2.24) is 15.1 Å². The predicted molar refractivity (Wildman–Crippen MR) is 141 cm³/mol. The molecule has 0 fully saturated rings. The molecule has 7 nitrogen and oxygen atoms in total. The standard InChI is InChI=1S/C27H31N3O4S/c1-5-20(26(31)28-15-14-18-12-13-21(33-6-2)22(16-18)34-7-3)30-27(32)24-19-10-8-9-11-23(19)35-25(24)17(4)29-30/h8-13,16,20H,5-7,14-15H2,1-4H3,(H,28,31)/t20-/m0/s1. The number of aromatic nitrogens is 2. The minimum atomic E-state index is -0.677. The van der Waals surface area contributed by atoms with Gasteiger partial charge in [-0.3, -0.25) is 9.59 Å². The molecular formula is C27H31N3O4S. The Labute approximate surface area is 208 Å². The Morgan fingerprint density at radius 2 is 1.83 bits per heavy atom. The zero-order valence-electron chi connectivity index (χ0n) is 20.6. The molecule has 0 aliphatic rings. The molecule has 0 saturated heterocycles. The van der Waals surface area contributed by atoms with Crippen LogP contribution in [0.4, 0.5) is 0 Å². The number of nitrogens with one attached hydrogen (secondary N) is 1. The fourth-order valence-corrected chi connectivity index (χ4v) is 5.39. The summed E-state index contributed by atoms with van der Waals surface area (Å²) in [5.41, 5.74) is 1.56. The van der Waals surface area contributed by atoms with Gasteiger partial charge in [0.1, 0.15) is 6.04 Å². The normalized spacial score (nSPS) is 12.1. The number of thiophene rings is 1. The summed E-state index contributed by atoms with van der Waals surface area (Å²) in [5.74, 6) is 1.20. The third-order valence-electron chi connectivity index (χ3n) is 5.91. The first-order valence-electron chi connectivity index (χ1n) is 12.0. The number of hydrogen-bond donors (Lipinski definition) is 1. The third-order valence-corrected chi connectivity index (χ3v) is 7.19. The summed E-state index contributed by atoms with van der Waals surface area (Å²) in [5, 5.41) is 9.08. The Morgan fingerprint density at radius 1 is 1.09 bits per heavy atom. The lowest BCUT2D eigenvalue weighted by atomic mass is 10.1. The van der Waals surface area contributed by atoms with E-state index in [-0.39, 0.29) is 11.5 Å². The molecule has 0 aliphatic carbocycles. The zero-order chi connectivity index (χ0) is 24.9. The van der Waals surface area contributed by atoms with E-state index in [1.54, 1.807) is 11.3 Å². The number of hydrogen-bond acceptors (Lipinski definition) is 6. The molecule has 0 radical (unpaired) electrons. The van der Waals surface area contributed by atoms with E-state index in [1.807, 2.05) is 70.2 Å². The Hall–Kier alpha value is -3.39. The minimum absolute atomic E-state index is 0.212. The number of amides is 1. The number of ether oxygens (including phenoxy) is 2. The van der Waals surface area contributed by atoms with Crippen LogP contribution in [0.15, 0.2) is 47.3 Å². The van der Waals surface area contributed by atoms with Crippen molar-refractivity contribution in [1.29, 1.82) is 0 Å². The van der Waals surface area contributed by atoms with Crippen LogP contribution in [-0.2, 0) is 11.2 Å². The molecule has 35 heavy (non-hydrogen) atoms. The van der Waals surface area contributed by atoms with Crippen molar-refractivity contribution in [3.05, 3.63) is 64.1 Å². The number of rotatable bonds is 10. The van der Waals surface area contributed by atoms with Crippen molar-refractivity contribution in [3.63, 3.8) is 0 Å². The highest BCUT2D eigenvalue weighted by atomic mass is 32.1. The highest BCUT2D eigenvalue weighted by Crippen LogP contribution is 2.33. The van der Waals surface area contributed by atoms with Crippen LogP contribution >= 0.6 is 11.3 Å². The second-order valence-electron chi connectivity index (χ2n) is 8.25. The first-order valence-corrected chi connectivity index (χ1v) is 12.9. The smallest absolute Gasteiger partial charge is 0.276 e. The summed E-state index contributed by atoms with van der Waals surface area (Å²) < 4.78 is 14.6. The number of benzene rings is 2. The van der Waals surface area contributed by atoms with Gasteiger partial charge in [0.05, 0.1) is 29.0 Å². The van der Waals surface area contributed by atoms with Crippen LogP contribution in [0.25, 0.3) is 20.2 Å². The van der Waals surface area contributed by atoms with Crippen LogP contribution in [0.3, 0.4) is 0 Å². The van der Waals surface area contributed by atoms with Gasteiger partial charge in [0.25, 0.3) is 5.56 Å². The monoisotopic (exact) mass is 493 g/mol. The summed E-state index contributed by atoms with van der Waals surface area (Å²) >= 11 is 1.56. The highest BCUT2D eigenvalue weighted by Gasteiger charge is 2.24. The number of nitrogens with zero attached hydrogens (tertiary/aromatic N) is 2. The summed E-state index contributed by atoms with van der Waals surface area (Å²) in [6.45, 7) is 9.19. The van der Waals surface area contributed by atoms with E-state index in [0.29, 0.717) is 49.5 Å². The Morgan fingerprint density at radius 3 is 2.57 bits per heavy atom. The second-order valence-corrected chi connectivity index (χ2v) is 9.30. The Balaban J connectivity index is 1.53. The molecule has 1 atom stereocenters. The van der Waals surface area contributed by atoms with Gasteiger partial charge in [-0.25, -0.2) is 4.68 Å². The van der Waals surface area contributed by atoms with E-state index >= 15 is 0 Å². The van der Waals surface area contributed by atoms with Crippen LogP contribution in [0.5, 0.6) is 11.5 Å². The second kappa shape index (κ2) is 10.9. The first kappa shape index (κ1) is 24.7. The average Bonchev–Trinajstić information content (AvgIpc) is 3.25. The van der Waals surface area contributed by atoms with Gasteiger partial charge >= 0.3 is 0 Å². The van der Waals surface area contributed by atoms with E-state index in [4.69, 9.17) is 9.47 Å². The molecule has 4 rings (SSSR count). The highest BCUT2D eigenvalue weighted by molar-refractivity contribution is 7.26. The van der Waals surface area contributed by atoms with E-state index in [0.717, 1.165) is 26.0 Å². The molecule has 2 aromatic heterocycles. The molecule has 2 aromatic carbocycles. The Kier molecular flexibility index (Phi) is 7.70. The van der Waals surface area contributed by atoms with Gasteiger partial charge in [-0.15, -0.1) is 11.3 Å². The lowest BCUT2D eigenvalue weighted by molar-refractivity contribution is -0.124. The molecular weight excluding hydrogens is 462 g/mol. The molecule has 184 valence electrons. The first-order chi connectivity index (χ1) is 17.0. The van der Waals surface area contributed by atoms with Crippen molar-refractivity contribution in [2.24, 2.45) is 0 Å². The van der Waals surface area contributed by atoms with Crippen LogP contribution in [0.2, 0.25) is 0 Å². The predicted octanol–water partition coefficient (Wildman–Crippen LogP) is 5.03. The van der Waals surface area contributed by atoms with Gasteiger partial charge in [0.2, 0.25) is 5.91 Å². The van der Waals surface area contributed by atoms with Crippen LogP contribution in [0, 0.1) is 6.92 Å². The summed E-state index contributed by atoms with van der Waals surface area (Å²) in [6.07, 6.45) is 1.09. The third kappa shape index (κ3) is 5.03. The molecule has 2 heterocycles. The maximum Gasteiger partial charge on any atom is 0.276 e. The van der Waals surface area contributed by atoms with Crippen LogP contribution < -0.4 is 20.3 Å². The number of aryl methyl sites for hydroxylation is 1. The van der Waals surface area contributed by atoms with Crippen molar-refractivity contribution in [2.75, 3.05) is 19.8 Å². The maximum atomic E-state index is 13.4. The summed E-state index contributed by atoms with van der Waals surface area (Å²) in [4.78, 5) is 26.6. The van der Waals surface area contributed by atoms with Crippen LogP contribution in [0.1, 0.15) is 44.5 Å². The lowest BCUT2D eigenvalue weighted by Crippen LogP contribution is -2.39. The van der Waals surface area contributed by atoms with Crippen molar-refractivity contribution < 1.29 is 14.3 Å². The van der Waals surface area contributed by atoms with Gasteiger partial charge in [0, 0.05) is 16.6 Å². The summed E-state index contributed by atoms with van der Waals surface area (Å²) in [6, 6.07) is 13.0. The van der Waals surface area contributed by atoms with E-state index < -0.39 is 6.04 Å². The Bertz CT molecular complexity index is 1410. The zero-order valence-corrected chi connectivity index (χ0v) is 21.4. The largest absolute Gasteiger partial charge is 0.490 e. The SMILES string of the molecule is CCOc1ccc(CCNC(=O)[C@H](CC)n2nc(C)c3sc4ccccc4c3c2=O)cc1OCC. The van der Waals surface area contributed by atoms with Crippen molar-refractivity contribution in [3.8, 4) is 11.5 Å². The number of carbonyl (C=O) groups is 1. The molecule has 0 saturated carbocycles. The van der Waals surface area contributed by atoms with Gasteiger partial charge < -0.3 is 14.8 Å². The fourth-order valence-electron chi connectivity index (χ4n) is 4.26. The molecule has 0 unspecified atom stereocenters. The molecule has 1 amide bonds. The van der Waals surface area contributed by atoms with Gasteiger partial charge in [-0.1, -0.05) is 31.2 Å². The molecule has 8 heteroatoms. The topological polar surface area (TPSA) is 82.5 Å². The average molecular weight is 494 g/mol. The maximum absolute atomic E-state index is 13.4. The molecule has 0 spiro atoms. The molecule has 1 N–H and O–H groups in total. The lowest BCUT2D eigenvalue weighted by Gasteiger charge is -2.18. The minimum Gasteiger partial charge on any atom is -0.490 e.